The number of aromatic nitrogens is 2. The van der Waals surface area contributed by atoms with E-state index >= 15 is 0 Å². The van der Waals surface area contributed by atoms with Crippen LogP contribution < -0.4 is 22.1 Å². The van der Waals surface area contributed by atoms with E-state index < -0.39 is 0 Å². The van der Waals surface area contributed by atoms with Crippen LogP contribution in [0.2, 0.25) is 0 Å². The van der Waals surface area contributed by atoms with Gasteiger partial charge in [-0.25, -0.2) is 0 Å². The third-order valence-corrected chi connectivity index (χ3v) is 4.97. The minimum atomic E-state index is -0.0361. The normalized spacial score (nSPS) is 14.8. The summed E-state index contributed by atoms with van der Waals surface area (Å²) in [4.78, 5) is 12.1. The highest BCUT2D eigenvalue weighted by Crippen LogP contribution is 2.20. The second kappa shape index (κ2) is 11.2. The Morgan fingerprint density at radius 3 is 2.89 bits per heavy atom. The number of nitrogens with two attached hydrogens (primary N) is 2. The smallest absolute Gasteiger partial charge is 0.230 e. The zero-order valence-corrected chi connectivity index (χ0v) is 16.5. The number of anilines is 1. The first-order valence-corrected chi connectivity index (χ1v) is 9.95. The zero-order chi connectivity index (χ0) is 19.5. The van der Waals surface area contributed by atoms with Crippen LogP contribution in [0, 0.1) is 0 Å². The summed E-state index contributed by atoms with van der Waals surface area (Å²) in [6.45, 7) is 0. The van der Waals surface area contributed by atoms with Crippen LogP contribution in [0.5, 0.6) is 0 Å². The van der Waals surface area contributed by atoms with Crippen molar-refractivity contribution in [2.75, 3.05) is 12.4 Å². The summed E-state index contributed by atoms with van der Waals surface area (Å²) in [5.41, 5.74) is 13.5. The van der Waals surface area contributed by atoms with E-state index in [1.54, 1.807) is 13.1 Å². The van der Waals surface area contributed by atoms with E-state index in [0.29, 0.717) is 17.4 Å². The van der Waals surface area contributed by atoms with Crippen molar-refractivity contribution in [3.05, 3.63) is 52.5 Å². The average molecular weight is 389 g/mol. The lowest BCUT2D eigenvalue weighted by Crippen LogP contribution is -2.14. The zero-order valence-electron chi connectivity index (χ0n) is 15.7. The topological polar surface area (TPSA) is 119 Å². The molecule has 7 nitrogen and oxygen atoms in total. The first-order chi connectivity index (χ1) is 13.1. The fourth-order valence-corrected chi connectivity index (χ4v) is 3.34. The molecular weight excluding hydrogens is 360 g/mol. The van der Waals surface area contributed by atoms with Crippen LogP contribution >= 0.6 is 11.3 Å². The molecule has 1 aromatic heterocycles. The van der Waals surface area contributed by atoms with Crippen LogP contribution in [0.25, 0.3) is 0 Å². The highest BCUT2D eigenvalue weighted by molar-refractivity contribution is 7.15. The summed E-state index contributed by atoms with van der Waals surface area (Å²) < 4.78 is 0. The quantitative estimate of drug-likeness (QED) is 0.361. The Hall–Kier alpha value is -2.61. The molecule has 0 saturated heterocycles. The van der Waals surface area contributed by atoms with Gasteiger partial charge >= 0.3 is 0 Å². The SMILES string of the molecule is CN/C(N)=C/C=C(\N)CCCCc1nnc(NC(=O)CC2=CC=CCC2)s1. The van der Waals surface area contributed by atoms with Gasteiger partial charge in [-0.05, 0) is 44.3 Å². The molecule has 1 aliphatic carbocycles. The van der Waals surface area contributed by atoms with Gasteiger partial charge in [0.15, 0.2) is 0 Å². The van der Waals surface area contributed by atoms with E-state index in [1.807, 2.05) is 18.2 Å². The maximum absolute atomic E-state index is 12.1. The van der Waals surface area contributed by atoms with E-state index in [0.717, 1.165) is 54.8 Å². The van der Waals surface area contributed by atoms with Crippen molar-refractivity contribution < 1.29 is 4.79 Å². The molecule has 146 valence electrons. The molecule has 0 fully saturated rings. The van der Waals surface area contributed by atoms with Crippen LogP contribution in [0.1, 0.15) is 43.5 Å². The number of amides is 1. The standard InChI is InChI=1S/C19H28N6OS/c1-22-16(21)12-11-15(20)9-5-6-10-18-24-25-19(27-18)23-17(26)13-14-7-3-2-4-8-14/h2-3,7,11-12,22H,4-6,8-10,13,20-21H2,1H3,(H,23,25,26)/b15-11-,16-12+. The van der Waals surface area contributed by atoms with E-state index in [9.17, 15) is 4.79 Å². The fourth-order valence-electron chi connectivity index (χ4n) is 2.54. The van der Waals surface area contributed by atoms with Gasteiger partial charge in [-0.15, -0.1) is 10.2 Å². The molecule has 0 unspecified atom stereocenters. The minimum Gasteiger partial charge on any atom is -0.402 e. The first kappa shape index (κ1) is 20.7. The van der Waals surface area contributed by atoms with Crippen molar-refractivity contribution in [2.45, 2.75) is 44.9 Å². The Balaban J connectivity index is 1.69. The molecule has 1 amide bonds. The lowest BCUT2D eigenvalue weighted by atomic mass is 10.0. The largest absolute Gasteiger partial charge is 0.402 e. The summed E-state index contributed by atoms with van der Waals surface area (Å²) in [5, 5.41) is 15.4. The number of allylic oxidation sites excluding steroid dienone is 6. The molecule has 0 radical (unpaired) electrons. The summed E-state index contributed by atoms with van der Waals surface area (Å²) in [6.07, 6.45) is 15.6. The number of carbonyl (C=O) groups excluding carboxylic acids is 1. The van der Waals surface area contributed by atoms with E-state index in [-0.39, 0.29) is 5.91 Å². The number of carbonyl (C=O) groups is 1. The number of unbranched alkanes of at least 4 members (excludes halogenated alkanes) is 1. The monoisotopic (exact) mass is 388 g/mol. The number of rotatable bonds is 10. The third kappa shape index (κ3) is 8.08. The third-order valence-electron chi connectivity index (χ3n) is 4.07. The Bertz CT molecular complexity index is 747. The number of nitrogens with zero attached hydrogens (tertiary/aromatic N) is 2. The molecule has 0 atom stereocenters. The van der Waals surface area contributed by atoms with Crippen molar-refractivity contribution in [3.63, 3.8) is 0 Å². The average Bonchev–Trinajstić information content (AvgIpc) is 3.11. The van der Waals surface area contributed by atoms with Gasteiger partial charge in [-0.3, -0.25) is 4.79 Å². The molecule has 0 bridgehead atoms. The molecule has 6 N–H and O–H groups in total. The molecule has 1 aromatic rings. The van der Waals surface area contributed by atoms with Crippen molar-refractivity contribution in [1.29, 1.82) is 0 Å². The van der Waals surface area contributed by atoms with Crippen molar-refractivity contribution in [1.82, 2.24) is 15.5 Å². The van der Waals surface area contributed by atoms with E-state index in [4.69, 9.17) is 11.5 Å². The van der Waals surface area contributed by atoms with Crippen molar-refractivity contribution in [3.8, 4) is 0 Å². The number of hydrogen-bond acceptors (Lipinski definition) is 7. The maximum atomic E-state index is 12.1. The van der Waals surface area contributed by atoms with Crippen molar-refractivity contribution >= 4 is 22.4 Å². The van der Waals surface area contributed by atoms with Gasteiger partial charge < -0.3 is 22.1 Å². The molecular formula is C19H28N6OS. The molecule has 0 spiro atoms. The lowest BCUT2D eigenvalue weighted by molar-refractivity contribution is -0.115. The molecule has 1 aliphatic rings. The summed E-state index contributed by atoms with van der Waals surface area (Å²) >= 11 is 1.43. The van der Waals surface area contributed by atoms with Crippen LogP contribution in [0.3, 0.4) is 0 Å². The highest BCUT2D eigenvalue weighted by Gasteiger charge is 2.11. The van der Waals surface area contributed by atoms with Crippen molar-refractivity contribution in [2.24, 2.45) is 11.5 Å². The minimum absolute atomic E-state index is 0.0361. The van der Waals surface area contributed by atoms with Gasteiger partial charge in [0.25, 0.3) is 0 Å². The fraction of sp³-hybridized carbons (Fsp3) is 0.421. The van der Waals surface area contributed by atoms with Gasteiger partial charge in [0.05, 0.1) is 5.82 Å². The Labute approximate surface area is 164 Å². The summed E-state index contributed by atoms with van der Waals surface area (Å²) in [6, 6.07) is 0. The van der Waals surface area contributed by atoms with Gasteiger partial charge in [0.2, 0.25) is 11.0 Å². The van der Waals surface area contributed by atoms with E-state index in [1.165, 1.54) is 11.3 Å². The van der Waals surface area contributed by atoms with Crippen LogP contribution in [-0.4, -0.2) is 23.2 Å². The molecule has 8 heteroatoms. The van der Waals surface area contributed by atoms with Crippen LogP contribution in [0.15, 0.2) is 47.5 Å². The van der Waals surface area contributed by atoms with Crippen LogP contribution in [0.4, 0.5) is 5.13 Å². The maximum Gasteiger partial charge on any atom is 0.230 e. The molecule has 2 rings (SSSR count). The number of aryl methyl sites for hydroxylation is 1. The summed E-state index contributed by atoms with van der Waals surface area (Å²) in [5.74, 6) is 0.545. The first-order valence-electron chi connectivity index (χ1n) is 9.13. The van der Waals surface area contributed by atoms with Gasteiger partial charge in [0.1, 0.15) is 5.01 Å². The summed E-state index contributed by atoms with van der Waals surface area (Å²) in [7, 11) is 1.76. The molecule has 0 aliphatic heterocycles. The van der Waals surface area contributed by atoms with Crippen LogP contribution in [-0.2, 0) is 11.2 Å². The predicted molar refractivity (Wildman–Crippen MR) is 111 cm³/mol. The Morgan fingerprint density at radius 1 is 1.30 bits per heavy atom. The Kier molecular flexibility index (Phi) is 8.57. The predicted octanol–water partition coefficient (Wildman–Crippen LogP) is 2.72. The van der Waals surface area contributed by atoms with E-state index in [2.05, 4.69) is 26.9 Å². The molecule has 27 heavy (non-hydrogen) atoms. The number of nitrogens with one attached hydrogen (secondary N) is 2. The number of hydrogen-bond donors (Lipinski definition) is 4. The van der Waals surface area contributed by atoms with Gasteiger partial charge in [-0.2, -0.15) is 0 Å². The molecule has 0 aromatic carbocycles. The van der Waals surface area contributed by atoms with Gasteiger partial charge in [0, 0.05) is 25.6 Å². The van der Waals surface area contributed by atoms with Gasteiger partial charge in [-0.1, -0.05) is 35.1 Å². The second-order valence-corrected chi connectivity index (χ2v) is 7.40. The Morgan fingerprint density at radius 2 is 2.15 bits per heavy atom. The lowest BCUT2D eigenvalue weighted by Gasteiger charge is -2.07. The highest BCUT2D eigenvalue weighted by atomic mass is 32.1. The second-order valence-electron chi connectivity index (χ2n) is 6.34. The molecule has 1 heterocycles. The molecule has 0 saturated carbocycles.